The monoisotopic (exact) mass is 265 g/mol. The molecular weight excluding hydrogens is 238 g/mol. The molecule has 0 aliphatic heterocycles. The first-order valence-corrected chi connectivity index (χ1v) is 7.29. The highest BCUT2D eigenvalue weighted by atomic mass is 16.5. The summed E-state index contributed by atoms with van der Waals surface area (Å²) >= 11 is 0. The maximum Gasteiger partial charge on any atom is 0.118 e. The number of rotatable bonds is 4. The van der Waals surface area contributed by atoms with Crippen molar-refractivity contribution in [3.05, 3.63) is 23.2 Å². The third-order valence-corrected chi connectivity index (χ3v) is 4.09. The summed E-state index contributed by atoms with van der Waals surface area (Å²) in [7, 11) is 0. The second-order valence-corrected chi connectivity index (χ2v) is 6.84. The second kappa shape index (κ2) is 5.68. The number of hydrogen-bond donors (Lipinski definition) is 1. The number of aryl methyl sites for hydroxylation is 1. The fraction of sp³-hybridized carbons (Fsp3) is 0.750. The highest BCUT2D eigenvalue weighted by Gasteiger charge is 2.32. The van der Waals surface area contributed by atoms with Gasteiger partial charge in [0.1, 0.15) is 11.5 Å². The van der Waals surface area contributed by atoms with Gasteiger partial charge in [0.25, 0.3) is 0 Å². The van der Waals surface area contributed by atoms with Gasteiger partial charge in [-0.1, -0.05) is 20.8 Å². The van der Waals surface area contributed by atoms with E-state index in [9.17, 15) is 0 Å². The van der Waals surface area contributed by atoms with Crippen LogP contribution in [0.1, 0.15) is 57.1 Å². The first-order chi connectivity index (χ1) is 8.89. The van der Waals surface area contributed by atoms with Gasteiger partial charge in [-0.25, -0.2) is 0 Å². The van der Waals surface area contributed by atoms with Crippen LogP contribution in [0.3, 0.4) is 0 Å². The van der Waals surface area contributed by atoms with Crippen LogP contribution in [-0.2, 0) is 17.9 Å². The molecule has 1 saturated carbocycles. The Hall–Kier alpha value is -0.800. The van der Waals surface area contributed by atoms with Crippen molar-refractivity contribution in [1.82, 2.24) is 0 Å². The SMILES string of the molecule is Cc1oc(CN)cc1COC1CC(C)CC(C)(C)C1. The molecule has 3 heteroatoms. The Morgan fingerprint density at radius 1 is 1.42 bits per heavy atom. The molecule has 0 radical (unpaired) electrons. The molecule has 0 bridgehead atoms. The summed E-state index contributed by atoms with van der Waals surface area (Å²) in [5.41, 5.74) is 7.12. The van der Waals surface area contributed by atoms with Gasteiger partial charge in [0.15, 0.2) is 0 Å². The Morgan fingerprint density at radius 3 is 2.74 bits per heavy atom. The standard InChI is InChI=1S/C16H27NO2/c1-11-5-14(8-16(3,4)7-11)18-10-13-6-15(9-17)19-12(13)2/h6,11,14H,5,7-10,17H2,1-4H3. The topological polar surface area (TPSA) is 48.4 Å². The smallest absolute Gasteiger partial charge is 0.118 e. The molecule has 3 nitrogen and oxygen atoms in total. The summed E-state index contributed by atoms with van der Waals surface area (Å²) in [6.45, 7) is 10.1. The maximum absolute atomic E-state index is 6.11. The first kappa shape index (κ1) is 14.6. The molecule has 1 heterocycles. The van der Waals surface area contributed by atoms with Crippen molar-refractivity contribution in [3.8, 4) is 0 Å². The molecule has 2 N–H and O–H groups in total. The lowest BCUT2D eigenvalue weighted by Crippen LogP contribution is -2.32. The largest absolute Gasteiger partial charge is 0.465 e. The molecule has 1 aliphatic carbocycles. The summed E-state index contributed by atoms with van der Waals surface area (Å²) < 4.78 is 11.7. The first-order valence-electron chi connectivity index (χ1n) is 7.29. The molecule has 2 atom stereocenters. The van der Waals surface area contributed by atoms with Crippen LogP contribution >= 0.6 is 0 Å². The normalized spacial score (nSPS) is 26.6. The Kier molecular flexibility index (Phi) is 4.36. The van der Waals surface area contributed by atoms with Crippen molar-refractivity contribution in [2.45, 2.75) is 66.2 Å². The minimum Gasteiger partial charge on any atom is -0.465 e. The van der Waals surface area contributed by atoms with E-state index in [1.807, 2.05) is 13.0 Å². The summed E-state index contributed by atoms with van der Waals surface area (Å²) in [5, 5.41) is 0. The molecule has 0 amide bonds. The molecule has 0 saturated heterocycles. The second-order valence-electron chi connectivity index (χ2n) is 6.84. The van der Waals surface area contributed by atoms with Gasteiger partial charge in [0.2, 0.25) is 0 Å². The molecule has 1 fully saturated rings. The predicted octanol–water partition coefficient (Wildman–Crippen LogP) is 3.78. The summed E-state index contributed by atoms with van der Waals surface area (Å²) in [4.78, 5) is 0. The van der Waals surface area contributed by atoms with E-state index in [1.165, 1.54) is 12.8 Å². The van der Waals surface area contributed by atoms with E-state index in [1.54, 1.807) is 0 Å². The Bertz CT molecular complexity index is 422. The van der Waals surface area contributed by atoms with Crippen molar-refractivity contribution in [2.24, 2.45) is 17.1 Å². The summed E-state index contributed by atoms with van der Waals surface area (Å²) in [6.07, 6.45) is 3.99. The van der Waals surface area contributed by atoms with Crippen LogP contribution in [0.2, 0.25) is 0 Å². The van der Waals surface area contributed by atoms with Crippen molar-refractivity contribution >= 4 is 0 Å². The van der Waals surface area contributed by atoms with Crippen molar-refractivity contribution in [2.75, 3.05) is 0 Å². The fourth-order valence-electron chi connectivity index (χ4n) is 3.42. The van der Waals surface area contributed by atoms with Gasteiger partial charge in [0.05, 0.1) is 19.3 Å². The van der Waals surface area contributed by atoms with Crippen molar-refractivity contribution < 1.29 is 9.15 Å². The minimum absolute atomic E-state index is 0.370. The van der Waals surface area contributed by atoms with Gasteiger partial charge in [-0.2, -0.15) is 0 Å². The van der Waals surface area contributed by atoms with Crippen LogP contribution in [0.25, 0.3) is 0 Å². The zero-order valence-corrected chi connectivity index (χ0v) is 12.7. The van der Waals surface area contributed by atoms with E-state index in [2.05, 4.69) is 20.8 Å². The summed E-state index contributed by atoms with van der Waals surface area (Å²) in [5.74, 6) is 2.52. The Labute approximate surface area is 116 Å². The van der Waals surface area contributed by atoms with Crippen LogP contribution in [0.5, 0.6) is 0 Å². The Balaban J connectivity index is 1.92. The maximum atomic E-state index is 6.11. The van der Waals surface area contributed by atoms with E-state index in [4.69, 9.17) is 14.9 Å². The average Bonchev–Trinajstić information content (AvgIpc) is 2.65. The van der Waals surface area contributed by atoms with Gasteiger partial charge < -0.3 is 14.9 Å². The van der Waals surface area contributed by atoms with Crippen LogP contribution in [0.4, 0.5) is 0 Å². The van der Waals surface area contributed by atoms with Gasteiger partial charge in [-0.05, 0) is 43.6 Å². The molecule has 19 heavy (non-hydrogen) atoms. The molecule has 108 valence electrons. The number of furan rings is 1. The molecular formula is C16H27NO2. The zero-order valence-electron chi connectivity index (χ0n) is 12.7. The van der Waals surface area contributed by atoms with Gasteiger partial charge in [-0.3, -0.25) is 0 Å². The van der Waals surface area contributed by atoms with Gasteiger partial charge in [-0.15, -0.1) is 0 Å². The molecule has 2 rings (SSSR count). The molecule has 2 unspecified atom stereocenters. The predicted molar refractivity (Wildman–Crippen MR) is 76.7 cm³/mol. The molecule has 1 aromatic rings. The lowest BCUT2D eigenvalue weighted by Gasteiger charge is -2.38. The van der Waals surface area contributed by atoms with Crippen LogP contribution in [-0.4, -0.2) is 6.10 Å². The fourth-order valence-corrected chi connectivity index (χ4v) is 3.42. The van der Waals surface area contributed by atoms with E-state index in [0.29, 0.717) is 24.7 Å². The van der Waals surface area contributed by atoms with Gasteiger partial charge in [0, 0.05) is 5.56 Å². The number of hydrogen-bond acceptors (Lipinski definition) is 3. The van der Waals surface area contributed by atoms with Crippen LogP contribution < -0.4 is 5.73 Å². The highest BCUT2D eigenvalue weighted by Crippen LogP contribution is 2.40. The molecule has 0 spiro atoms. The quantitative estimate of drug-likeness (QED) is 0.901. The highest BCUT2D eigenvalue weighted by molar-refractivity contribution is 5.19. The summed E-state index contributed by atoms with van der Waals surface area (Å²) in [6, 6.07) is 2.02. The van der Waals surface area contributed by atoms with E-state index >= 15 is 0 Å². The van der Waals surface area contributed by atoms with Crippen molar-refractivity contribution in [3.63, 3.8) is 0 Å². The van der Waals surface area contributed by atoms with E-state index in [0.717, 1.165) is 29.4 Å². The lowest BCUT2D eigenvalue weighted by molar-refractivity contribution is -0.0319. The third-order valence-electron chi connectivity index (χ3n) is 4.09. The Morgan fingerprint density at radius 2 is 2.16 bits per heavy atom. The van der Waals surface area contributed by atoms with E-state index < -0.39 is 0 Å². The number of ether oxygens (including phenoxy) is 1. The number of nitrogens with two attached hydrogens (primary N) is 1. The van der Waals surface area contributed by atoms with Gasteiger partial charge >= 0.3 is 0 Å². The lowest BCUT2D eigenvalue weighted by atomic mass is 9.71. The average molecular weight is 265 g/mol. The van der Waals surface area contributed by atoms with Crippen molar-refractivity contribution in [1.29, 1.82) is 0 Å². The molecule has 0 aromatic carbocycles. The van der Waals surface area contributed by atoms with Crippen LogP contribution in [0.15, 0.2) is 10.5 Å². The van der Waals surface area contributed by atoms with E-state index in [-0.39, 0.29) is 0 Å². The minimum atomic E-state index is 0.370. The molecule has 1 aromatic heterocycles. The van der Waals surface area contributed by atoms with Crippen LogP contribution in [0, 0.1) is 18.3 Å². The zero-order chi connectivity index (χ0) is 14.0. The molecule has 1 aliphatic rings. The third kappa shape index (κ3) is 3.83.